The van der Waals surface area contributed by atoms with Gasteiger partial charge in [0.15, 0.2) is 0 Å². The molecule has 1 atom stereocenters. The molecule has 0 aromatic rings. The van der Waals surface area contributed by atoms with Crippen molar-refractivity contribution in [3.63, 3.8) is 0 Å². The molecule has 0 aliphatic rings. The minimum atomic E-state index is 0.951. The topological polar surface area (TPSA) is 9.23 Å². The molecule has 0 aromatic heterocycles. The highest BCUT2D eigenvalue weighted by molar-refractivity contribution is 7.37. The number of methoxy groups -OCH3 is 1. The molecule has 0 aromatic carbocycles. The maximum absolute atomic E-state index is 4.98. The number of rotatable bonds is 8. The lowest BCUT2D eigenvalue weighted by Crippen LogP contribution is -1.90. The van der Waals surface area contributed by atoms with Crippen LogP contribution in [0.15, 0.2) is 0 Å². The van der Waals surface area contributed by atoms with Gasteiger partial charge in [-0.1, -0.05) is 26.2 Å². The molecule has 0 aliphatic carbocycles. The molecule has 0 bridgehead atoms. The van der Waals surface area contributed by atoms with Crippen LogP contribution in [0.5, 0.6) is 0 Å². The molecule has 0 heterocycles. The second-order valence-corrected chi connectivity index (χ2v) is 4.30. The van der Waals surface area contributed by atoms with Crippen LogP contribution in [0.2, 0.25) is 0 Å². The molecule has 68 valence electrons. The van der Waals surface area contributed by atoms with Crippen LogP contribution >= 0.6 is 8.58 Å². The Kier molecular flexibility index (Phi) is 10.8. The summed E-state index contributed by atoms with van der Waals surface area (Å²) in [6, 6.07) is 0. The lowest BCUT2D eigenvalue weighted by atomic mass is 10.2. The Labute approximate surface area is 72.7 Å². The van der Waals surface area contributed by atoms with Gasteiger partial charge in [0.2, 0.25) is 0 Å². The van der Waals surface area contributed by atoms with Crippen molar-refractivity contribution in [1.82, 2.24) is 0 Å². The zero-order chi connectivity index (χ0) is 8.36. The van der Waals surface area contributed by atoms with E-state index in [1.807, 2.05) is 0 Å². The predicted octanol–water partition coefficient (Wildman–Crippen LogP) is 2.89. The molecule has 1 nitrogen and oxygen atoms in total. The molecule has 0 aliphatic heterocycles. The van der Waals surface area contributed by atoms with Crippen molar-refractivity contribution >= 4 is 8.58 Å². The highest BCUT2D eigenvalue weighted by Gasteiger charge is 1.88. The van der Waals surface area contributed by atoms with Crippen LogP contribution in [0, 0.1) is 0 Å². The first-order valence-corrected chi connectivity index (χ1v) is 6.03. The third-order valence-electron chi connectivity index (χ3n) is 1.69. The molecule has 0 saturated heterocycles. The van der Waals surface area contributed by atoms with E-state index in [1.54, 1.807) is 7.11 Å². The minimum Gasteiger partial charge on any atom is -0.384 e. The highest BCUT2D eigenvalue weighted by Crippen LogP contribution is 2.13. The van der Waals surface area contributed by atoms with Gasteiger partial charge in [0.1, 0.15) is 0 Å². The van der Waals surface area contributed by atoms with E-state index in [2.05, 4.69) is 6.92 Å². The lowest BCUT2D eigenvalue weighted by Gasteiger charge is -1.99. The molecule has 11 heavy (non-hydrogen) atoms. The first-order chi connectivity index (χ1) is 5.41. The van der Waals surface area contributed by atoms with Crippen molar-refractivity contribution in [3.8, 4) is 0 Å². The van der Waals surface area contributed by atoms with E-state index in [4.69, 9.17) is 4.74 Å². The Bertz CT molecular complexity index is 58.6. The molecule has 0 fully saturated rings. The summed E-state index contributed by atoms with van der Waals surface area (Å²) in [6.07, 6.45) is 8.30. The zero-order valence-electron chi connectivity index (χ0n) is 7.86. The molecular weight excluding hydrogens is 155 g/mol. The Morgan fingerprint density at radius 3 is 2.55 bits per heavy atom. The van der Waals surface area contributed by atoms with Gasteiger partial charge in [-0.05, 0) is 18.7 Å². The SMILES string of the molecule is CCCCCCPCCOC. The predicted molar refractivity (Wildman–Crippen MR) is 54.1 cm³/mol. The zero-order valence-corrected chi connectivity index (χ0v) is 8.86. The first-order valence-electron chi connectivity index (χ1n) is 4.61. The van der Waals surface area contributed by atoms with E-state index in [1.165, 1.54) is 38.0 Å². The molecule has 2 heteroatoms. The van der Waals surface area contributed by atoms with Crippen LogP contribution in [0.3, 0.4) is 0 Å². The molecule has 0 saturated carbocycles. The first kappa shape index (κ1) is 11.4. The Hall–Kier alpha value is 0.390. The summed E-state index contributed by atoms with van der Waals surface area (Å²) in [6.45, 7) is 3.21. The molecule has 0 rings (SSSR count). The fourth-order valence-electron chi connectivity index (χ4n) is 0.976. The molecule has 0 amide bonds. The van der Waals surface area contributed by atoms with Crippen LogP contribution in [-0.2, 0) is 4.74 Å². The van der Waals surface area contributed by atoms with E-state index in [9.17, 15) is 0 Å². The molecule has 0 N–H and O–H groups in total. The second kappa shape index (κ2) is 10.4. The summed E-state index contributed by atoms with van der Waals surface area (Å²) in [5.41, 5.74) is 0. The molecular formula is C9H21OP. The summed E-state index contributed by atoms with van der Waals surface area (Å²) in [5.74, 6) is 0. The van der Waals surface area contributed by atoms with Gasteiger partial charge in [-0.2, -0.15) is 0 Å². The summed E-state index contributed by atoms with van der Waals surface area (Å²) in [4.78, 5) is 0. The van der Waals surface area contributed by atoms with Crippen molar-refractivity contribution in [2.24, 2.45) is 0 Å². The minimum absolute atomic E-state index is 0.951. The van der Waals surface area contributed by atoms with E-state index in [0.717, 1.165) is 15.2 Å². The van der Waals surface area contributed by atoms with Gasteiger partial charge >= 0.3 is 0 Å². The third kappa shape index (κ3) is 10.4. The highest BCUT2D eigenvalue weighted by atomic mass is 31.1. The van der Waals surface area contributed by atoms with Crippen molar-refractivity contribution in [1.29, 1.82) is 0 Å². The fraction of sp³-hybridized carbons (Fsp3) is 1.00. The van der Waals surface area contributed by atoms with Gasteiger partial charge in [0, 0.05) is 13.7 Å². The van der Waals surface area contributed by atoms with Crippen LogP contribution in [0.25, 0.3) is 0 Å². The largest absolute Gasteiger partial charge is 0.384 e. The van der Waals surface area contributed by atoms with Gasteiger partial charge in [-0.3, -0.25) is 0 Å². The van der Waals surface area contributed by atoms with Crippen LogP contribution < -0.4 is 0 Å². The third-order valence-corrected chi connectivity index (χ3v) is 2.95. The van der Waals surface area contributed by atoms with E-state index < -0.39 is 0 Å². The maximum atomic E-state index is 4.98. The Balaban J connectivity index is 2.69. The summed E-state index contributed by atoms with van der Waals surface area (Å²) >= 11 is 0. The summed E-state index contributed by atoms with van der Waals surface area (Å²) in [7, 11) is 2.90. The van der Waals surface area contributed by atoms with Crippen molar-refractivity contribution in [3.05, 3.63) is 0 Å². The van der Waals surface area contributed by atoms with Crippen molar-refractivity contribution < 1.29 is 4.74 Å². The van der Waals surface area contributed by atoms with Gasteiger partial charge in [-0.25, -0.2) is 0 Å². The van der Waals surface area contributed by atoms with Crippen LogP contribution in [-0.4, -0.2) is 26.0 Å². The van der Waals surface area contributed by atoms with E-state index >= 15 is 0 Å². The molecule has 0 spiro atoms. The van der Waals surface area contributed by atoms with Crippen molar-refractivity contribution in [2.75, 3.05) is 26.0 Å². The standard InChI is InChI=1S/C9H21OP/c1-3-4-5-6-8-11-9-7-10-2/h11H,3-9H2,1-2H3. The smallest absolute Gasteiger partial charge is 0.0499 e. The average Bonchev–Trinajstić information content (AvgIpc) is 2.03. The van der Waals surface area contributed by atoms with Crippen LogP contribution in [0.4, 0.5) is 0 Å². The maximum Gasteiger partial charge on any atom is 0.0499 e. The molecule has 0 radical (unpaired) electrons. The van der Waals surface area contributed by atoms with E-state index in [-0.39, 0.29) is 0 Å². The second-order valence-electron chi connectivity index (χ2n) is 2.80. The van der Waals surface area contributed by atoms with E-state index in [0.29, 0.717) is 0 Å². The number of unbranched alkanes of at least 4 members (excludes halogenated alkanes) is 3. The molecule has 1 unspecified atom stereocenters. The fourth-order valence-corrected chi connectivity index (χ4v) is 2.07. The number of hydrogen-bond acceptors (Lipinski definition) is 1. The normalized spacial score (nSPS) is 11.5. The van der Waals surface area contributed by atoms with Crippen LogP contribution in [0.1, 0.15) is 32.6 Å². The van der Waals surface area contributed by atoms with Crippen molar-refractivity contribution in [2.45, 2.75) is 32.6 Å². The van der Waals surface area contributed by atoms with Gasteiger partial charge in [0.25, 0.3) is 0 Å². The number of ether oxygens (including phenoxy) is 1. The Morgan fingerprint density at radius 1 is 1.09 bits per heavy atom. The monoisotopic (exact) mass is 176 g/mol. The van der Waals surface area contributed by atoms with Gasteiger partial charge in [-0.15, -0.1) is 8.58 Å². The Morgan fingerprint density at radius 2 is 1.91 bits per heavy atom. The average molecular weight is 176 g/mol. The van der Waals surface area contributed by atoms with Gasteiger partial charge < -0.3 is 4.74 Å². The quantitative estimate of drug-likeness (QED) is 0.408. The number of hydrogen-bond donors (Lipinski definition) is 0. The van der Waals surface area contributed by atoms with Gasteiger partial charge in [0.05, 0.1) is 0 Å². The summed E-state index contributed by atoms with van der Waals surface area (Å²) < 4.78 is 4.98. The lowest BCUT2D eigenvalue weighted by molar-refractivity contribution is 0.218. The summed E-state index contributed by atoms with van der Waals surface area (Å²) in [5, 5.41) is 0.